The SMILES string of the molecule is CC1CC1.Cc1nc2nc(NC=O)cc(Nc3ccc(-c4cncn4C)cc3N(C)S(C)=O)c2[nH]1. The van der Waals surface area contributed by atoms with E-state index >= 15 is 0 Å². The molecule has 184 valence electrons. The molecule has 10 nitrogen and oxygen atoms in total. The van der Waals surface area contributed by atoms with Crippen molar-refractivity contribution < 1.29 is 9.00 Å². The Balaban J connectivity index is 0.000000656. The summed E-state index contributed by atoms with van der Waals surface area (Å²) in [6.07, 6.45) is 8.68. The fraction of sp³-hybridized carbons (Fsp3) is 0.333. The summed E-state index contributed by atoms with van der Waals surface area (Å²) in [5, 5.41) is 5.96. The van der Waals surface area contributed by atoms with Crippen molar-refractivity contribution >= 4 is 51.4 Å². The molecule has 0 radical (unpaired) electrons. The second-order valence-corrected chi connectivity index (χ2v) is 10.1. The third-order valence-electron chi connectivity index (χ3n) is 5.76. The third kappa shape index (κ3) is 5.68. The van der Waals surface area contributed by atoms with E-state index in [1.54, 1.807) is 36.2 Å². The summed E-state index contributed by atoms with van der Waals surface area (Å²) in [6, 6.07) is 7.57. The van der Waals surface area contributed by atoms with Crippen molar-refractivity contribution in [2.75, 3.05) is 28.2 Å². The van der Waals surface area contributed by atoms with Crippen LogP contribution in [0.5, 0.6) is 0 Å². The van der Waals surface area contributed by atoms with E-state index in [0.29, 0.717) is 34.9 Å². The highest BCUT2D eigenvalue weighted by atomic mass is 32.2. The molecule has 1 amide bonds. The molecule has 1 fully saturated rings. The fourth-order valence-corrected chi connectivity index (χ4v) is 3.91. The number of pyridine rings is 1. The third-order valence-corrected chi connectivity index (χ3v) is 6.73. The molecule has 1 aliphatic rings. The normalized spacial score (nSPS) is 13.6. The second-order valence-electron chi connectivity index (χ2n) is 8.69. The molecule has 0 spiro atoms. The zero-order valence-electron chi connectivity index (χ0n) is 20.5. The Morgan fingerprint density at radius 2 is 1.97 bits per heavy atom. The summed E-state index contributed by atoms with van der Waals surface area (Å²) in [4.78, 5) is 27.0. The van der Waals surface area contributed by atoms with E-state index in [9.17, 15) is 9.00 Å². The average molecular weight is 495 g/mol. The van der Waals surface area contributed by atoms with Gasteiger partial charge in [-0.1, -0.05) is 25.8 Å². The first-order chi connectivity index (χ1) is 16.8. The van der Waals surface area contributed by atoms with Crippen molar-refractivity contribution in [1.29, 1.82) is 0 Å². The van der Waals surface area contributed by atoms with Crippen molar-refractivity contribution in [1.82, 2.24) is 24.5 Å². The Labute approximate surface area is 206 Å². The molecule has 3 N–H and O–H groups in total. The number of aryl methyl sites for hydroxylation is 2. The van der Waals surface area contributed by atoms with Gasteiger partial charge in [0.15, 0.2) is 5.65 Å². The van der Waals surface area contributed by atoms with Crippen LogP contribution in [-0.4, -0.2) is 48.4 Å². The molecule has 0 saturated heterocycles. The summed E-state index contributed by atoms with van der Waals surface area (Å²) in [5.41, 5.74) is 5.23. The molecule has 1 unspecified atom stereocenters. The number of hydrogen-bond donors (Lipinski definition) is 3. The fourth-order valence-electron chi connectivity index (χ4n) is 3.48. The number of hydrogen-bond acceptors (Lipinski definition) is 6. The Hall–Kier alpha value is -3.73. The van der Waals surface area contributed by atoms with Crippen LogP contribution in [0.1, 0.15) is 25.6 Å². The van der Waals surface area contributed by atoms with Gasteiger partial charge in [0.05, 0.1) is 35.3 Å². The largest absolute Gasteiger partial charge is 0.352 e. The number of nitrogens with zero attached hydrogens (tertiary/aromatic N) is 5. The van der Waals surface area contributed by atoms with Crippen LogP contribution >= 0.6 is 0 Å². The number of amides is 1. The lowest BCUT2D eigenvalue weighted by atomic mass is 10.1. The quantitative estimate of drug-likeness (QED) is 0.332. The van der Waals surface area contributed by atoms with E-state index in [0.717, 1.165) is 28.6 Å². The maximum absolute atomic E-state index is 12.3. The number of rotatable bonds is 7. The number of carbonyl (C=O) groups is 1. The number of aromatic nitrogens is 5. The van der Waals surface area contributed by atoms with Gasteiger partial charge in [-0.25, -0.2) is 19.2 Å². The number of aromatic amines is 1. The van der Waals surface area contributed by atoms with E-state index in [1.165, 1.54) is 12.8 Å². The number of nitrogens with one attached hydrogen (secondary N) is 3. The summed E-state index contributed by atoms with van der Waals surface area (Å²) in [6.45, 7) is 4.11. The smallest absolute Gasteiger partial charge is 0.212 e. The first-order valence-electron chi connectivity index (χ1n) is 11.3. The number of fused-ring (bicyclic) bond motifs is 1. The van der Waals surface area contributed by atoms with Crippen molar-refractivity contribution in [2.24, 2.45) is 13.0 Å². The molecule has 0 bridgehead atoms. The van der Waals surface area contributed by atoms with Gasteiger partial charge in [0.2, 0.25) is 6.41 Å². The minimum Gasteiger partial charge on any atom is -0.352 e. The van der Waals surface area contributed by atoms with E-state index < -0.39 is 11.0 Å². The number of carbonyl (C=O) groups excluding carboxylic acids is 1. The van der Waals surface area contributed by atoms with Crippen LogP contribution in [0.25, 0.3) is 22.4 Å². The Kier molecular flexibility index (Phi) is 7.15. The first-order valence-corrected chi connectivity index (χ1v) is 12.8. The summed E-state index contributed by atoms with van der Waals surface area (Å²) in [5.74, 6) is 2.16. The molecule has 1 aromatic carbocycles. The monoisotopic (exact) mass is 494 g/mol. The maximum atomic E-state index is 12.3. The molecule has 1 saturated carbocycles. The lowest BCUT2D eigenvalue weighted by molar-refractivity contribution is -0.105. The van der Waals surface area contributed by atoms with Crippen LogP contribution in [0.3, 0.4) is 0 Å². The summed E-state index contributed by atoms with van der Waals surface area (Å²) < 4.78 is 15.9. The molecule has 1 aliphatic carbocycles. The van der Waals surface area contributed by atoms with Gasteiger partial charge in [0.1, 0.15) is 28.1 Å². The van der Waals surface area contributed by atoms with Gasteiger partial charge >= 0.3 is 0 Å². The Morgan fingerprint density at radius 1 is 1.23 bits per heavy atom. The Bertz CT molecular complexity index is 1380. The van der Waals surface area contributed by atoms with Crippen molar-refractivity contribution in [3.63, 3.8) is 0 Å². The number of H-pyrrole nitrogens is 1. The topological polar surface area (TPSA) is 121 Å². The first kappa shape index (κ1) is 24.4. The van der Waals surface area contributed by atoms with Crippen molar-refractivity contribution in [2.45, 2.75) is 26.7 Å². The van der Waals surface area contributed by atoms with Crippen LogP contribution < -0.4 is 14.9 Å². The highest BCUT2D eigenvalue weighted by molar-refractivity contribution is 7.85. The predicted octanol–water partition coefficient (Wildman–Crippen LogP) is 4.12. The average Bonchev–Trinajstić information content (AvgIpc) is 3.32. The molecule has 4 aromatic rings. The van der Waals surface area contributed by atoms with Crippen LogP contribution in [0, 0.1) is 12.8 Å². The van der Waals surface area contributed by atoms with Gasteiger partial charge in [-0.3, -0.25) is 9.10 Å². The Morgan fingerprint density at radius 3 is 2.57 bits per heavy atom. The van der Waals surface area contributed by atoms with Gasteiger partial charge in [-0.15, -0.1) is 0 Å². The van der Waals surface area contributed by atoms with Gasteiger partial charge in [0, 0.05) is 32.0 Å². The minimum atomic E-state index is -1.24. The van der Waals surface area contributed by atoms with Gasteiger partial charge in [0.25, 0.3) is 0 Å². The molecule has 0 aliphatic heterocycles. The van der Waals surface area contributed by atoms with Crippen LogP contribution in [0.15, 0.2) is 36.8 Å². The molecule has 3 aromatic heterocycles. The number of benzene rings is 1. The van der Waals surface area contributed by atoms with Crippen LogP contribution in [0.4, 0.5) is 22.9 Å². The molecular weight excluding hydrogens is 464 g/mol. The standard InChI is InChI=1S/C20H22N8O2S.C4H8/c1-12-23-19-15(8-18(22-11-29)26-20(19)24-12)25-14-6-5-13(17-9-21-10-27(17)2)7-16(14)28(3)31(4)30;1-4-2-3-4/h5-11H,1-4H3,(H3,22,23,24,25,26,29);4H,2-3H2,1H3. The number of imidazole rings is 2. The van der Waals surface area contributed by atoms with Crippen LogP contribution in [-0.2, 0) is 22.8 Å². The van der Waals surface area contributed by atoms with Gasteiger partial charge in [-0.2, -0.15) is 0 Å². The van der Waals surface area contributed by atoms with E-state index in [1.807, 2.05) is 36.7 Å². The summed E-state index contributed by atoms with van der Waals surface area (Å²) in [7, 11) is 2.45. The van der Waals surface area contributed by atoms with E-state index in [2.05, 4.69) is 37.5 Å². The molecule has 11 heteroatoms. The minimum absolute atomic E-state index is 0.372. The van der Waals surface area contributed by atoms with Crippen molar-refractivity contribution in [3.8, 4) is 11.3 Å². The van der Waals surface area contributed by atoms with Gasteiger partial charge < -0.3 is 20.2 Å². The van der Waals surface area contributed by atoms with E-state index in [4.69, 9.17) is 0 Å². The molecule has 1 atom stereocenters. The number of anilines is 4. The summed E-state index contributed by atoms with van der Waals surface area (Å²) >= 11 is 0. The lowest BCUT2D eigenvalue weighted by Crippen LogP contribution is -2.20. The van der Waals surface area contributed by atoms with E-state index in [-0.39, 0.29) is 0 Å². The predicted molar refractivity (Wildman–Crippen MR) is 141 cm³/mol. The highest BCUT2D eigenvalue weighted by Gasteiger charge is 2.16. The zero-order chi connectivity index (χ0) is 25.1. The molecule has 3 heterocycles. The second kappa shape index (κ2) is 10.3. The lowest BCUT2D eigenvalue weighted by Gasteiger charge is -2.22. The molecule has 35 heavy (non-hydrogen) atoms. The zero-order valence-corrected chi connectivity index (χ0v) is 21.3. The maximum Gasteiger partial charge on any atom is 0.212 e. The van der Waals surface area contributed by atoms with Crippen LogP contribution in [0.2, 0.25) is 0 Å². The van der Waals surface area contributed by atoms with Gasteiger partial charge in [-0.05, 0) is 25.0 Å². The molecule has 5 rings (SSSR count). The molecular formula is C24H30N8O2S. The van der Waals surface area contributed by atoms with Crippen molar-refractivity contribution in [3.05, 3.63) is 42.6 Å². The highest BCUT2D eigenvalue weighted by Crippen LogP contribution is 2.35.